The Kier molecular flexibility index (Phi) is 5.48. The lowest BCUT2D eigenvalue weighted by atomic mass is 10.1. The largest absolute Gasteiger partial charge is 0.349 e. The lowest BCUT2D eigenvalue weighted by Gasteiger charge is -2.14. The average molecular weight is 444 g/mol. The fourth-order valence-electron chi connectivity index (χ4n) is 3.18. The first-order chi connectivity index (χ1) is 14.8. The van der Waals surface area contributed by atoms with Gasteiger partial charge in [0.25, 0.3) is 0 Å². The van der Waals surface area contributed by atoms with E-state index in [0.29, 0.717) is 15.9 Å². The van der Waals surface area contributed by atoms with Crippen molar-refractivity contribution in [2.45, 2.75) is 6.54 Å². The fraction of sp³-hybridized carbons (Fsp3) is 0.0455. The molecule has 0 aliphatic carbocycles. The molecule has 156 valence electrons. The third kappa shape index (κ3) is 4.15. The van der Waals surface area contributed by atoms with Crippen LogP contribution in [-0.2, 0) is 11.3 Å². The van der Waals surface area contributed by atoms with Crippen molar-refractivity contribution in [3.8, 4) is 11.3 Å². The van der Waals surface area contributed by atoms with E-state index in [1.807, 2.05) is 0 Å². The number of halogens is 4. The topological polar surface area (TPSA) is 64.0 Å². The standard InChI is InChI=1S/C22H13ClF3N3O2/c23-12-5-8-19-15(9-12)21(14-3-1-2-4-16(14)24)28-22(31)29(19)11-20(30)27-13-6-7-17(25)18(26)10-13/h1-10H,11H2,(H,27,30). The molecule has 0 unspecified atom stereocenters. The molecule has 0 atom stereocenters. The van der Waals surface area contributed by atoms with Crippen LogP contribution in [0.15, 0.2) is 65.5 Å². The molecule has 0 aliphatic rings. The molecule has 1 N–H and O–H groups in total. The normalized spacial score (nSPS) is 11.0. The number of carbonyl (C=O) groups excluding carboxylic acids is 1. The number of aromatic nitrogens is 2. The number of carbonyl (C=O) groups is 1. The molecule has 9 heteroatoms. The Hall–Kier alpha value is -3.65. The summed E-state index contributed by atoms with van der Waals surface area (Å²) in [5, 5.41) is 3.11. The third-order valence-corrected chi connectivity index (χ3v) is 4.81. The van der Waals surface area contributed by atoms with Crippen LogP contribution in [-0.4, -0.2) is 15.5 Å². The number of nitrogens with zero attached hydrogens (tertiary/aromatic N) is 2. The highest BCUT2D eigenvalue weighted by Crippen LogP contribution is 2.29. The van der Waals surface area contributed by atoms with Gasteiger partial charge in [0, 0.05) is 27.7 Å². The van der Waals surface area contributed by atoms with Gasteiger partial charge in [-0.25, -0.2) is 18.0 Å². The molecule has 1 aromatic heterocycles. The molecule has 5 nitrogen and oxygen atoms in total. The van der Waals surface area contributed by atoms with E-state index in [2.05, 4.69) is 10.3 Å². The molecule has 0 aliphatic heterocycles. The Balaban J connectivity index is 1.77. The first-order valence-electron chi connectivity index (χ1n) is 9.03. The summed E-state index contributed by atoms with van der Waals surface area (Å²) in [4.78, 5) is 29.1. The molecule has 4 rings (SSSR count). The number of nitrogens with one attached hydrogen (secondary N) is 1. The van der Waals surface area contributed by atoms with Gasteiger partial charge in [-0.05, 0) is 42.5 Å². The van der Waals surface area contributed by atoms with Gasteiger partial charge in [0.2, 0.25) is 5.91 Å². The summed E-state index contributed by atoms with van der Waals surface area (Å²) < 4.78 is 41.9. The van der Waals surface area contributed by atoms with Gasteiger partial charge in [-0.3, -0.25) is 9.36 Å². The zero-order valence-electron chi connectivity index (χ0n) is 15.7. The van der Waals surface area contributed by atoms with E-state index in [1.54, 1.807) is 6.07 Å². The maximum atomic E-state index is 14.3. The number of fused-ring (bicyclic) bond motifs is 1. The minimum Gasteiger partial charge on any atom is -0.324 e. The maximum Gasteiger partial charge on any atom is 0.349 e. The van der Waals surface area contributed by atoms with Gasteiger partial charge in [0.15, 0.2) is 11.6 Å². The number of hydrogen-bond donors (Lipinski definition) is 1. The Morgan fingerprint density at radius 1 is 0.968 bits per heavy atom. The summed E-state index contributed by atoms with van der Waals surface area (Å²) in [6.07, 6.45) is 0. The minimum atomic E-state index is -1.12. The summed E-state index contributed by atoms with van der Waals surface area (Å²) in [7, 11) is 0. The lowest BCUT2D eigenvalue weighted by Crippen LogP contribution is -2.30. The zero-order chi connectivity index (χ0) is 22.1. The van der Waals surface area contributed by atoms with Crippen molar-refractivity contribution in [3.63, 3.8) is 0 Å². The molecule has 31 heavy (non-hydrogen) atoms. The van der Waals surface area contributed by atoms with Gasteiger partial charge >= 0.3 is 5.69 Å². The number of hydrogen-bond acceptors (Lipinski definition) is 3. The Labute approximate surface area is 178 Å². The predicted octanol–water partition coefficient (Wildman–Crippen LogP) is 4.77. The molecule has 0 saturated heterocycles. The summed E-state index contributed by atoms with van der Waals surface area (Å²) in [6.45, 7) is -0.458. The number of anilines is 1. The lowest BCUT2D eigenvalue weighted by molar-refractivity contribution is -0.116. The molecule has 3 aromatic carbocycles. The summed E-state index contributed by atoms with van der Waals surface area (Å²) in [6, 6.07) is 13.3. The highest BCUT2D eigenvalue weighted by molar-refractivity contribution is 6.31. The molecule has 0 radical (unpaired) electrons. The van der Waals surface area contributed by atoms with Crippen molar-refractivity contribution >= 4 is 34.1 Å². The van der Waals surface area contributed by atoms with Gasteiger partial charge in [-0.1, -0.05) is 23.7 Å². The second-order valence-corrected chi connectivity index (χ2v) is 7.08. The second-order valence-electron chi connectivity index (χ2n) is 6.65. The fourth-order valence-corrected chi connectivity index (χ4v) is 3.35. The van der Waals surface area contributed by atoms with Crippen molar-refractivity contribution in [2.24, 2.45) is 0 Å². The highest BCUT2D eigenvalue weighted by Gasteiger charge is 2.17. The van der Waals surface area contributed by atoms with Crippen LogP contribution in [0.4, 0.5) is 18.9 Å². The molecular formula is C22H13ClF3N3O2. The number of benzene rings is 3. The zero-order valence-corrected chi connectivity index (χ0v) is 16.5. The molecule has 0 bridgehead atoms. The second kappa shape index (κ2) is 8.23. The van der Waals surface area contributed by atoms with E-state index in [9.17, 15) is 22.8 Å². The van der Waals surface area contributed by atoms with Crippen LogP contribution in [0.2, 0.25) is 5.02 Å². The molecule has 0 spiro atoms. The Bertz CT molecular complexity index is 1390. The number of amides is 1. The first-order valence-corrected chi connectivity index (χ1v) is 9.41. The van der Waals surface area contributed by atoms with E-state index in [0.717, 1.165) is 16.7 Å². The SMILES string of the molecule is O=C(Cn1c(=O)nc(-c2ccccc2F)c2cc(Cl)ccc21)Nc1ccc(F)c(F)c1. The van der Waals surface area contributed by atoms with Crippen molar-refractivity contribution in [1.29, 1.82) is 0 Å². The van der Waals surface area contributed by atoms with Crippen LogP contribution in [0.3, 0.4) is 0 Å². The van der Waals surface area contributed by atoms with E-state index in [1.165, 1.54) is 42.5 Å². The molecule has 0 saturated carbocycles. The van der Waals surface area contributed by atoms with E-state index in [-0.39, 0.29) is 16.9 Å². The van der Waals surface area contributed by atoms with Crippen molar-refractivity contribution in [3.05, 3.63) is 93.6 Å². The van der Waals surface area contributed by atoms with Gasteiger partial charge in [-0.15, -0.1) is 0 Å². The summed E-state index contributed by atoms with van der Waals surface area (Å²) in [5.74, 6) is -3.40. The predicted molar refractivity (Wildman–Crippen MR) is 111 cm³/mol. The maximum absolute atomic E-state index is 14.3. The Morgan fingerprint density at radius 2 is 1.74 bits per heavy atom. The van der Waals surface area contributed by atoms with Crippen LogP contribution >= 0.6 is 11.6 Å². The molecule has 4 aromatic rings. The molecule has 0 fully saturated rings. The van der Waals surface area contributed by atoms with Crippen LogP contribution in [0.25, 0.3) is 22.2 Å². The van der Waals surface area contributed by atoms with E-state index >= 15 is 0 Å². The van der Waals surface area contributed by atoms with Crippen molar-refractivity contribution in [1.82, 2.24) is 9.55 Å². The average Bonchev–Trinajstić information content (AvgIpc) is 2.73. The minimum absolute atomic E-state index is 0.0280. The van der Waals surface area contributed by atoms with Crippen molar-refractivity contribution < 1.29 is 18.0 Å². The highest BCUT2D eigenvalue weighted by atomic mass is 35.5. The quantitative estimate of drug-likeness (QED) is 0.494. The van der Waals surface area contributed by atoms with Crippen LogP contribution < -0.4 is 11.0 Å². The van der Waals surface area contributed by atoms with E-state index in [4.69, 9.17) is 11.6 Å². The van der Waals surface area contributed by atoms with Gasteiger partial charge in [-0.2, -0.15) is 4.98 Å². The molecular weight excluding hydrogens is 431 g/mol. The van der Waals surface area contributed by atoms with Gasteiger partial charge in [0.05, 0.1) is 11.2 Å². The van der Waals surface area contributed by atoms with Crippen LogP contribution in [0.1, 0.15) is 0 Å². The van der Waals surface area contributed by atoms with E-state index < -0.39 is 35.6 Å². The first kappa shape index (κ1) is 20.6. The summed E-state index contributed by atoms with van der Waals surface area (Å²) in [5.41, 5.74) is -0.236. The Morgan fingerprint density at radius 3 is 2.48 bits per heavy atom. The van der Waals surface area contributed by atoms with Crippen molar-refractivity contribution in [2.75, 3.05) is 5.32 Å². The van der Waals surface area contributed by atoms with Gasteiger partial charge < -0.3 is 5.32 Å². The monoisotopic (exact) mass is 443 g/mol. The van der Waals surface area contributed by atoms with Crippen LogP contribution in [0, 0.1) is 17.5 Å². The number of rotatable bonds is 4. The smallest absolute Gasteiger partial charge is 0.324 e. The van der Waals surface area contributed by atoms with Crippen LogP contribution in [0.5, 0.6) is 0 Å². The third-order valence-electron chi connectivity index (χ3n) is 4.58. The molecule has 1 amide bonds. The van der Waals surface area contributed by atoms with Gasteiger partial charge in [0.1, 0.15) is 12.4 Å². The summed E-state index contributed by atoms with van der Waals surface area (Å²) >= 11 is 6.10. The molecule has 1 heterocycles.